The van der Waals surface area contributed by atoms with Gasteiger partial charge in [-0.25, -0.2) is 0 Å². The first-order valence-electron chi connectivity index (χ1n) is 12.1. The molecule has 6 heteroatoms. The number of carbonyl (C=O) groups excluding carboxylic acids is 1. The standard InChI is InChI=1S/C27H33N3O2S/c1-17(2)25-14-29(8-9-30(25)26(31)19-7-10-33-16-19)24-11-20(18-5-6-18)23-15-32-27(3,4)12-21(23)22(24)13-28/h7,10-11,16-18,25H,5-6,8-9,12,14-15H2,1-4H3/t25-/m0/s1. The average Bonchev–Trinajstić information content (AvgIpc) is 3.49. The van der Waals surface area contributed by atoms with E-state index in [0.29, 0.717) is 25.0 Å². The Bertz CT molecular complexity index is 1100. The predicted molar refractivity (Wildman–Crippen MR) is 132 cm³/mol. The number of nitrogens with zero attached hydrogens (tertiary/aromatic N) is 3. The lowest BCUT2D eigenvalue weighted by molar-refractivity contribution is -0.0405. The maximum Gasteiger partial charge on any atom is 0.255 e. The van der Waals surface area contributed by atoms with E-state index in [1.165, 1.54) is 29.5 Å². The van der Waals surface area contributed by atoms with Gasteiger partial charge in [-0.2, -0.15) is 16.6 Å². The molecule has 1 saturated heterocycles. The lowest BCUT2D eigenvalue weighted by atomic mass is 9.83. The molecule has 1 aromatic carbocycles. The number of rotatable bonds is 4. The van der Waals surface area contributed by atoms with Crippen LogP contribution in [0.1, 0.15) is 79.1 Å². The summed E-state index contributed by atoms with van der Waals surface area (Å²) in [5, 5.41) is 14.2. The van der Waals surface area contributed by atoms with Gasteiger partial charge in [0, 0.05) is 31.4 Å². The van der Waals surface area contributed by atoms with Crippen molar-refractivity contribution in [3.05, 3.63) is 50.7 Å². The smallest absolute Gasteiger partial charge is 0.255 e. The highest BCUT2D eigenvalue weighted by molar-refractivity contribution is 7.08. The van der Waals surface area contributed by atoms with Gasteiger partial charge >= 0.3 is 0 Å². The number of ether oxygens (including phenoxy) is 1. The van der Waals surface area contributed by atoms with E-state index in [-0.39, 0.29) is 17.6 Å². The molecule has 174 valence electrons. The monoisotopic (exact) mass is 463 g/mol. The van der Waals surface area contributed by atoms with Crippen LogP contribution in [0.2, 0.25) is 0 Å². The molecule has 5 nitrogen and oxygen atoms in total. The second kappa shape index (κ2) is 8.45. The molecule has 1 saturated carbocycles. The highest BCUT2D eigenvalue weighted by atomic mass is 32.1. The van der Waals surface area contributed by atoms with E-state index in [9.17, 15) is 10.1 Å². The van der Waals surface area contributed by atoms with Crippen molar-refractivity contribution in [2.24, 2.45) is 5.92 Å². The molecule has 0 radical (unpaired) electrons. The molecule has 0 unspecified atom stereocenters. The zero-order valence-electron chi connectivity index (χ0n) is 20.1. The number of thiophene rings is 1. The van der Waals surface area contributed by atoms with Gasteiger partial charge in [-0.15, -0.1) is 0 Å². The first kappa shape index (κ1) is 22.4. The number of carbonyl (C=O) groups is 1. The molecule has 3 heterocycles. The molecule has 1 amide bonds. The number of fused-ring (bicyclic) bond motifs is 1. The van der Waals surface area contributed by atoms with Crippen molar-refractivity contribution in [1.82, 2.24) is 4.90 Å². The van der Waals surface area contributed by atoms with Crippen LogP contribution in [-0.2, 0) is 17.8 Å². The van der Waals surface area contributed by atoms with Crippen LogP contribution in [0.4, 0.5) is 5.69 Å². The summed E-state index contributed by atoms with van der Waals surface area (Å²) < 4.78 is 6.15. The molecule has 2 fully saturated rings. The van der Waals surface area contributed by atoms with E-state index in [1.807, 2.05) is 21.7 Å². The summed E-state index contributed by atoms with van der Waals surface area (Å²) in [4.78, 5) is 17.6. The van der Waals surface area contributed by atoms with Gasteiger partial charge in [0.05, 0.1) is 35.1 Å². The van der Waals surface area contributed by atoms with Gasteiger partial charge in [0.15, 0.2) is 0 Å². The molecule has 0 bridgehead atoms. The minimum atomic E-state index is -0.260. The Labute approximate surface area is 201 Å². The number of benzene rings is 1. The minimum Gasteiger partial charge on any atom is -0.371 e. The van der Waals surface area contributed by atoms with Crippen molar-refractivity contribution in [3.63, 3.8) is 0 Å². The molecular weight excluding hydrogens is 430 g/mol. The molecule has 1 aliphatic carbocycles. The van der Waals surface area contributed by atoms with Crippen molar-refractivity contribution in [1.29, 1.82) is 5.26 Å². The summed E-state index contributed by atoms with van der Waals surface area (Å²) in [6.45, 7) is 11.4. The van der Waals surface area contributed by atoms with Crippen LogP contribution in [0.5, 0.6) is 0 Å². The highest BCUT2D eigenvalue weighted by Gasteiger charge is 2.38. The van der Waals surface area contributed by atoms with Gasteiger partial charge in [-0.1, -0.05) is 13.8 Å². The Morgan fingerprint density at radius 2 is 2.06 bits per heavy atom. The van der Waals surface area contributed by atoms with E-state index in [0.717, 1.165) is 36.3 Å². The summed E-state index contributed by atoms with van der Waals surface area (Å²) in [6.07, 6.45) is 3.21. The van der Waals surface area contributed by atoms with E-state index >= 15 is 0 Å². The normalized spacial score (nSPS) is 22.2. The molecule has 33 heavy (non-hydrogen) atoms. The van der Waals surface area contributed by atoms with Gasteiger partial charge in [0.2, 0.25) is 0 Å². The number of nitriles is 1. The molecule has 5 rings (SSSR count). The van der Waals surface area contributed by atoms with Crippen LogP contribution < -0.4 is 4.90 Å². The number of hydrogen-bond acceptors (Lipinski definition) is 5. The zero-order chi connectivity index (χ0) is 23.3. The molecule has 1 atom stereocenters. The summed E-state index contributed by atoms with van der Waals surface area (Å²) in [5.41, 5.74) is 6.21. The summed E-state index contributed by atoms with van der Waals surface area (Å²) in [6, 6.07) is 6.88. The van der Waals surface area contributed by atoms with E-state index in [2.05, 4.69) is 44.7 Å². The van der Waals surface area contributed by atoms with Crippen molar-refractivity contribution < 1.29 is 9.53 Å². The fraction of sp³-hybridized carbons (Fsp3) is 0.556. The van der Waals surface area contributed by atoms with Gasteiger partial charge < -0.3 is 14.5 Å². The zero-order valence-corrected chi connectivity index (χ0v) is 20.9. The summed E-state index contributed by atoms with van der Waals surface area (Å²) in [5.74, 6) is 1.05. The van der Waals surface area contributed by atoms with Crippen LogP contribution in [0.3, 0.4) is 0 Å². The molecule has 2 aliphatic heterocycles. The third kappa shape index (κ3) is 4.18. The predicted octanol–water partition coefficient (Wildman–Crippen LogP) is 5.34. The van der Waals surface area contributed by atoms with E-state index in [1.54, 1.807) is 11.3 Å². The summed E-state index contributed by atoms with van der Waals surface area (Å²) >= 11 is 1.56. The number of hydrogen-bond donors (Lipinski definition) is 0. The van der Waals surface area contributed by atoms with Crippen LogP contribution in [0, 0.1) is 17.2 Å². The molecule has 3 aliphatic rings. The van der Waals surface area contributed by atoms with Gasteiger partial charge in [0.1, 0.15) is 6.07 Å². The van der Waals surface area contributed by atoms with Crippen molar-refractivity contribution >= 4 is 22.9 Å². The number of amides is 1. The highest BCUT2D eigenvalue weighted by Crippen LogP contribution is 2.47. The SMILES string of the molecule is CC(C)[C@@H]1CN(c2cc(C3CC3)c3c(c2C#N)CC(C)(C)OC3)CCN1C(=O)c1ccsc1. The molecule has 0 N–H and O–H groups in total. The van der Waals surface area contributed by atoms with Crippen molar-refractivity contribution in [2.45, 2.75) is 71.1 Å². The molecular formula is C27H33N3O2S. The maximum atomic E-state index is 13.2. The Balaban J connectivity index is 1.51. The first-order valence-corrected chi connectivity index (χ1v) is 13.0. The van der Waals surface area contributed by atoms with Gasteiger partial charge in [-0.3, -0.25) is 4.79 Å². The lowest BCUT2D eigenvalue weighted by Crippen LogP contribution is -2.57. The quantitative estimate of drug-likeness (QED) is 0.614. The second-order valence-electron chi connectivity index (χ2n) is 10.7. The maximum absolute atomic E-state index is 13.2. The average molecular weight is 464 g/mol. The van der Waals surface area contributed by atoms with Crippen LogP contribution in [0.15, 0.2) is 22.9 Å². The van der Waals surface area contributed by atoms with E-state index in [4.69, 9.17) is 4.74 Å². The van der Waals surface area contributed by atoms with Crippen LogP contribution in [0.25, 0.3) is 0 Å². The molecule has 1 aromatic heterocycles. The fourth-order valence-electron chi connectivity index (χ4n) is 5.43. The lowest BCUT2D eigenvalue weighted by Gasteiger charge is -2.45. The Morgan fingerprint density at radius 1 is 1.27 bits per heavy atom. The van der Waals surface area contributed by atoms with E-state index < -0.39 is 0 Å². The first-order chi connectivity index (χ1) is 15.8. The minimum absolute atomic E-state index is 0.109. The fourth-order valence-corrected chi connectivity index (χ4v) is 6.06. The van der Waals surface area contributed by atoms with Gasteiger partial charge in [-0.05, 0) is 72.7 Å². The topological polar surface area (TPSA) is 56.6 Å². The largest absolute Gasteiger partial charge is 0.371 e. The Hall–Kier alpha value is -2.36. The third-order valence-corrected chi connectivity index (χ3v) is 8.14. The molecule has 2 aromatic rings. The third-order valence-electron chi connectivity index (χ3n) is 7.46. The number of piperazine rings is 1. The van der Waals surface area contributed by atoms with Crippen molar-refractivity contribution in [2.75, 3.05) is 24.5 Å². The molecule has 0 spiro atoms. The second-order valence-corrected chi connectivity index (χ2v) is 11.5. The van der Waals surface area contributed by atoms with Crippen molar-refractivity contribution in [3.8, 4) is 6.07 Å². The summed E-state index contributed by atoms with van der Waals surface area (Å²) in [7, 11) is 0. The Kier molecular flexibility index (Phi) is 5.74. The number of anilines is 1. The van der Waals surface area contributed by atoms with Gasteiger partial charge in [0.25, 0.3) is 5.91 Å². The Morgan fingerprint density at radius 3 is 2.70 bits per heavy atom. The van der Waals surface area contributed by atoms with Crippen LogP contribution >= 0.6 is 11.3 Å². The van der Waals surface area contributed by atoms with Crippen LogP contribution in [-0.4, -0.2) is 42.1 Å².